The van der Waals surface area contributed by atoms with Gasteiger partial charge in [0.2, 0.25) is 5.91 Å². The van der Waals surface area contributed by atoms with E-state index in [1.807, 2.05) is 83.6 Å². The Morgan fingerprint density at radius 2 is 1.90 bits per heavy atom. The lowest BCUT2D eigenvalue weighted by atomic mass is 10.1. The van der Waals surface area contributed by atoms with Crippen molar-refractivity contribution < 1.29 is 9.53 Å². The van der Waals surface area contributed by atoms with Crippen molar-refractivity contribution in [1.82, 2.24) is 20.0 Å². The van der Waals surface area contributed by atoms with Crippen LogP contribution in [-0.2, 0) is 11.2 Å². The molecule has 1 heterocycles. The number of aromatic nitrogens is 2. The van der Waals surface area contributed by atoms with Crippen LogP contribution in [0.25, 0.3) is 5.69 Å². The van der Waals surface area contributed by atoms with E-state index in [1.54, 1.807) is 7.11 Å². The predicted octanol–water partition coefficient (Wildman–Crippen LogP) is 3.23. The maximum absolute atomic E-state index is 12.4. The number of hydrogen-bond acceptors (Lipinski definition) is 4. The highest BCUT2D eigenvalue weighted by molar-refractivity contribution is 5.78. The third-order valence-corrected chi connectivity index (χ3v) is 5.04. The van der Waals surface area contributed by atoms with Crippen LogP contribution < -0.4 is 10.1 Å². The van der Waals surface area contributed by atoms with E-state index in [-0.39, 0.29) is 11.9 Å². The lowest BCUT2D eigenvalue weighted by Crippen LogP contribution is -2.37. The highest BCUT2D eigenvalue weighted by atomic mass is 16.5. The molecular weight excluding hydrogens is 364 g/mol. The van der Waals surface area contributed by atoms with Gasteiger partial charge in [0, 0.05) is 24.3 Å². The number of rotatable bonds is 9. The van der Waals surface area contributed by atoms with Gasteiger partial charge in [0.05, 0.1) is 25.5 Å². The molecule has 1 atom stereocenters. The lowest BCUT2D eigenvalue weighted by molar-refractivity contribution is -0.122. The van der Waals surface area contributed by atoms with Crippen molar-refractivity contribution in [3.05, 3.63) is 78.1 Å². The number of para-hydroxylation sites is 2. The minimum Gasteiger partial charge on any atom is -0.496 e. The second-order valence-corrected chi connectivity index (χ2v) is 7.06. The van der Waals surface area contributed by atoms with E-state index in [4.69, 9.17) is 4.74 Å². The number of carbonyl (C=O) groups is 1. The zero-order valence-electron chi connectivity index (χ0n) is 17.2. The van der Waals surface area contributed by atoms with Crippen molar-refractivity contribution in [3.63, 3.8) is 0 Å². The van der Waals surface area contributed by atoms with Gasteiger partial charge in [0.1, 0.15) is 5.75 Å². The zero-order chi connectivity index (χ0) is 20.6. The summed E-state index contributed by atoms with van der Waals surface area (Å²) >= 11 is 0. The fraction of sp³-hybridized carbons (Fsp3) is 0.304. The van der Waals surface area contributed by atoms with Gasteiger partial charge >= 0.3 is 0 Å². The predicted molar refractivity (Wildman–Crippen MR) is 114 cm³/mol. The first-order valence-electron chi connectivity index (χ1n) is 9.77. The van der Waals surface area contributed by atoms with Crippen LogP contribution in [-0.4, -0.2) is 47.8 Å². The fourth-order valence-electron chi connectivity index (χ4n) is 3.23. The number of methoxy groups -OCH3 is 1. The summed E-state index contributed by atoms with van der Waals surface area (Å²) in [6.45, 7) is 2.97. The molecule has 0 aliphatic heterocycles. The van der Waals surface area contributed by atoms with Gasteiger partial charge in [-0.2, -0.15) is 5.10 Å². The van der Waals surface area contributed by atoms with Gasteiger partial charge in [-0.05, 0) is 44.2 Å². The van der Waals surface area contributed by atoms with E-state index < -0.39 is 0 Å². The summed E-state index contributed by atoms with van der Waals surface area (Å²) in [5.41, 5.74) is 3.18. The van der Waals surface area contributed by atoms with Crippen LogP contribution in [0.2, 0.25) is 0 Å². The summed E-state index contributed by atoms with van der Waals surface area (Å²) in [7, 11) is 3.61. The largest absolute Gasteiger partial charge is 0.496 e. The third-order valence-electron chi connectivity index (χ3n) is 5.04. The summed E-state index contributed by atoms with van der Waals surface area (Å²) in [4.78, 5) is 14.4. The first-order chi connectivity index (χ1) is 14.1. The molecular formula is C23H28N4O2. The average molecular weight is 393 g/mol. The zero-order valence-corrected chi connectivity index (χ0v) is 17.2. The van der Waals surface area contributed by atoms with Gasteiger partial charge in [0.25, 0.3) is 0 Å². The molecule has 0 radical (unpaired) electrons. The molecule has 0 saturated carbocycles. The number of likely N-dealkylation sites (N-methyl/N-ethyl adjacent to an activating group) is 1. The number of hydrogen-bond donors (Lipinski definition) is 1. The monoisotopic (exact) mass is 392 g/mol. The second kappa shape index (κ2) is 9.89. The van der Waals surface area contributed by atoms with Crippen LogP contribution in [0, 0.1) is 0 Å². The molecule has 29 heavy (non-hydrogen) atoms. The SMILES string of the molecule is COc1ccccc1C(C)N(C)CC(=O)NCCc1cnn(-c2ccccc2)c1. The molecule has 0 fully saturated rings. The summed E-state index contributed by atoms with van der Waals surface area (Å²) < 4.78 is 7.28. The molecule has 0 bridgehead atoms. The van der Waals surface area contributed by atoms with Crippen LogP contribution in [0.15, 0.2) is 67.0 Å². The summed E-state index contributed by atoms with van der Waals surface area (Å²) in [5.74, 6) is 0.840. The maximum Gasteiger partial charge on any atom is 0.234 e. The van der Waals surface area contributed by atoms with Crippen molar-refractivity contribution in [1.29, 1.82) is 0 Å². The number of carbonyl (C=O) groups excluding carboxylic acids is 1. The first kappa shape index (κ1) is 20.6. The van der Waals surface area contributed by atoms with Crippen molar-refractivity contribution >= 4 is 5.91 Å². The highest BCUT2D eigenvalue weighted by Crippen LogP contribution is 2.27. The molecule has 1 aromatic heterocycles. The van der Waals surface area contributed by atoms with E-state index in [2.05, 4.69) is 17.3 Å². The second-order valence-electron chi connectivity index (χ2n) is 7.06. The Hall–Kier alpha value is -3.12. The molecule has 6 heteroatoms. The first-order valence-corrected chi connectivity index (χ1v) is 9.77. The van der Waals surface area contributed by atoms with Crippen LogP contribution in [0.5, 0.6) is 5.75 Å². The molecule has 0 saturated heterocycles. The van der Waals surface area contributed by atoms with Gasteiger partial charge < -0.3 is 10.1 Å². The van der Waals surface area contributed by atoms with Crippen molar-refractivity contribution in [2.24, 2.45) is 0 Å². The Kier molecular flexibility index (Phi) is 7.03. The molecule has 1 N–H and O–H groups in total. The standard InChI is InChI=1S/C23H28N4O2/c1-18(21-11-7-8-12-22(21)29-3)26(2)17-23(28)24-14-13-19-15-25-27(16-19)20-9-5-4-6-10-20/h4-12,15-16,18H,13-14,17H2,1-3H3,(H,24,28). The van der Waals surface area contributed by atoms with E-state index in [9.17, 15) is 4.79 Å². The van der Waals surface area contributed by atoms with E-state index in [1.165, 1.54) is 0 Å². The van der Waals surface area contributed by atoms with Crippen molar-refractivity contribution in [2.75, 3.05) is 27.2 Å². The minimum absolute atomic E-state index is 0.00435. The Bertz CT molecular complexity index is 923. The Labute approximate surface area is 172 Å². The molecule has 0 spiro atoms. The molecule has 6 nitrogen and oxygen atoms in total. The van der Waals surface area contributed by atoms with Gasteiger partial charge in [-0.3, -0.25) is 9.69 Å². The Morgan fingerprint density at radius 1 is 1.17 bits per heavy atom. The summed E-state index contributed by atoms with van der Waals surface area (Å²) in [5, 5.41) is 7.39. The van der Waals surface area contributed by atoms with Crippen molar-refractivity contribution in [2.45, 2.75) is 19.4 Å². The number of nitrogens with one attached hydrogen (secondary N) is 1. The molecule has 0 aliphatic rings. The van der Waals surface area contributed by atoms with E-state index >= 15 is 0 Å². The minimum atomic E-state index is 0.00435. The smallest absolute Gasteiger partial charge is 0.234 e. The van der Waals surface area contributed by atoms with Crippen LogP contribution in [0.3, 0.4) is 0 Å². The van der Waals surface area contributed by atoms with Crippen molar-refractivity contribution in [3.8, 4) is 11.4 Å². The normalized spacial score (nSPS) is 12.0. The van der Waals surface area contributed by atoms with Gasteiger partial charge in [0.15, 0.2) is 0 Å². The van der Waals surface area contributed by atoms with Gasteiger partial charge in [-0.25, -0.2) is 4.68 Å². The van der Waals surface area contributed by atoms with Gasteiger partial charge in [-0.15, -0.1) is 0 Å². The topological polar surface area (TPSA) is 59.4 Å². The van der Waals surface area contributed by atoms with Gasteiger partial charge in [-0.1, -0.05) is 36.4 Å². The molecule has 1 unspecified atom stereocenters. The van der Waals surface area contributed by atoms with E-state index in [0.717, 1.165) is 29.0 Å². The summed E-state index contributed by atoms with van der Waals surface area (Å²) in [6.07, 6.45) is 4.58. The lowest BCUT2D eigenvalue weighted by Gasteiger charge is -2.25. The van der Waals surface area contributed by atoms with Crippen LogP contribution >= 0.6 is 0 Å². The van der Waals surface area contributed by atoms with Crippen LogP contribution in [0.4, 0.5) is 0 Å². The Morgan fingerprint density at radius 3 is 2.66 bits per heavy atom. The molecule has 1 amide bonds. The maximum atomic E-state index is 12.4. The van der Waals surface area contributed by atoms with E-state index in [0.29, 0.717) is 13.1 Å². The quantitative estimate of drug-likeness (QED) is 0.607. The highest BCUT2D eigenvalue weighted by Gasteiger charge is 2.17. The summed E-state index contributed by atoms with van der Waals surface area (Å²) in [6, 6.07) is 17.9. The molecule has 3 rings (SSSR count). The fourth-order valence-corrected chi connectivity index (χ4v) is 3.23. The third kappa shape index (κ3) is 5.45. The number of ether oxygens (including phenoxy) is 1. The molecule has 3 aromatic rings. The molecule has 2 aromatic carbocycles. The average Bonchev–Trinajstić information content (AvgIpc) is 3.22. The number of benzene rings is 2. The number of nitrogens with zero attached hydrogens (tertiary/aromatic N) is 3. The number of amides is 1. The molecule has 0 aliphatic carbocycles. The van der Waals surface area contributed by atoms with Crippen LogP contribution in [0.1, 0.15) is 24.1 Å². The molecule has 152 valence electrons. The Balaban J connectivity index is 1.47.